The van der Waals surface area contributed by atoms with Crippen LogP contribution in [0.4, 0.5) is 0 Å². The minimum atomic E-state index is 0.559. The quantitative estimate of drug-likeness (QED) is 0.716. The number of fused-ring (bicyclic) bond motifs is 1. The average molecular weight is 213 g/mol. The molecule has 0 unspecified atom stereocenters. The molecular weight excluding hydrogens is 194 g/mol. The van der Waals surface area contributed by atoms with Crippen LogP contribution in [0.25, 0.3) is 10.9 Å². The fourth-order valence-electron chi connectivity index (χ4n) is 2.15. The van der Waals surface area contributed by atoms with Gasteiger partial charge < -0.3 is 0 Å². The molecule has 0 spiro atoms. The zero-order chi connectivity index (χ0) is 11.7. The molecule has 1 aromatic heterocycles. The van der Waals surface area contributed by atoms with Gasteiger partial charge in [-0.2, -0.15) is 0 Å². The van der Waals surface area contributed by atoms with Gasteiger partial charge in [-0.25, -0.2) is 0 Å². The van der Waals surface area contributed by atoms with Gasteiger partial charge in [-0.3, -0.25) is 4.98 Å². The highest BCUT2D eigenvalue weighted by Crippen LogP contribution is 2.29. The summed E-state index contributed by atoms with van der Waals surface area (Å²) in [5.41, 5.74) is 3.99. The van der Waals surface area contributed by atoms with Gasteiger partial charge in [0.25, 0.3) is 0 Å². The molecule has 0 fully saturated rings. The van der Waals surface area contributed by atoms with Crippen LogP contribution in [0.2, 0.25) is 0 Å². The first kappa shape index (κ1) is 11.1. The normalized spacial score (nSPS) is 11.6. The van der Waals surface area contributed by atoms with Crippen molar-refractivity contribution in [2.45, 2.75) is 39.5 Å². The van der Waals surface area contributed by atoms with E-state index in [4.69, 9.17) is 0 Å². The number of hydrogen-bond donors (Lipinski definition) is 0. The highest BCUT2D eigenvalue weighted by molar-refractivity contribution is 5.80. The van der Waals surface area contributed by atoms with Gasteiger partial charge in [0.05, 0.1) is 5.52 Å². The summed E-state index contributed by atoms with van der Waals surface area (Å²) < 4.78 is 0. The van der Waals surface area contributed by atoms with Gasteiger partial charge >= 0.3 is 0 Å². The van der Waals surface area contributed by atoms with Gasteiger partial charge in [-0.1, -0.05) is 33.8 Å². The second-order valence-corrected chi connectivity index (χ2v) is 4.99. The Morgan fingerprint density at radius 1 is 0.938 bits per heavy atom. The van der Waals surface area contributed by atoms with E-state index >= 15 is 0 Å². The summed E-state index contributed by atoms with van der Waals surface area (Å²) in [5.74, 6) is 1.13. The van der Waals surface area contributed by atoms with Crippen molar-refractivity contribution >= 4 is 10.9 Å². The van der Waals surface area contributed by atoms with Crippen LogP contribution in [0.3, 0.4) is 0 Å². The van der Waals surface area contributed by atoms with E-state index in [0.717, 1.165) is 5.52 Å². The number of hydrogen-bond acceptors (Lipinski definition) is 1. The highest BCUT2D eigenvalue weighted by atomic mass is 14.6. The van der Waals surface area contributed by atoms with E-state index in [-0.39, 0.29) is 0 Å². The molecule has 1 heterocycles. The number of rotatable bonds is 2. The molecule has 0 bridgehead atoms. The van der Waals surface area contributed by atoms with Crippen molar-refractivity contribution in [2.75, 3.05) is 0 Å². The lowest BCUT2D eigenvalue weighted by Gasteiger charge is -2.16. The first-order chi connectivity index (χ1) is 7.59. The van der Waals surface area contributed by atoms with E-state index in [0.29, 0.717) is 11.8 Å². The second kappa shape index (κ2) is 4.25. The molecule has 0 atom stereocenters. The van der Waals surface area contributed by atoms with Gasteiger partial charge in [0.15, 0.2) is 0 Å². The Kier molecular flexibility index (Phi) is 2.95. The second-order valence-electron chi connectivity index (χ2n) is 4.99. The summed E-state index contributed by atoms with van der Waals surface area (Å²) >= 11 is 0. The first-order valence-corrected chi connectivity index (χ1v) is 5.98. The lowest BCUT2D eigenvalue weighted by Crippen LogP contribution is -1.99. The van der Waals surface area contributed by atoms with E-state index in [1.54, 1.807) is 0 Å². The average Bonchev–Trinajstić information content (AvgIpc) is 2.27. The molecular formula is C15H19N. The topological polar surface area (TPSA) is 12.9 Å². The number of pyridine rings is 1. The summed E-state index contributed by atoms with van der Waals surface area (Å²) in [5, 5.41) is 1.25. The summed E-state index contributed by atoms with van der Waals surface area (Å²) in [7, 11) is 0. The van der Waals surface area contributed by atoms with Gasteiger partial charge in [0.1, 0.15) is 0 Å². The molecule has 0 aliphatic rings. The van der Waals surface area contributed by atoms with E-state index in [1.165, 1.54) is 16.5 Å². The molecule has 1 aromatic carbocycles. The Labute approximate surface area is 97.5 Å². The Morgan fingerprint density at radius 3 is 2.19 bits per heavy atom. The molecule has 0 saturated heterocycles. The molecule has 0 saturated carbocycles. The molecule has 84 valence electrons. The third kappa shape index (κ3) is 1.95. The fourth-order valence-corrected chi connectivity index (χ4v) is 2.15. The minimum absolute atomic E-state index is 0.559. The number of aromatic nitrogens is 1. The van der Waals surface area contributed by atoms with Crippen LogP contribution in [0.5, 0.6) is 0 Å². The van der Waals surface area contributed by atoms with Crippen molar-refractivity contribution in [2.24, 2.45) is 0 Å². The van der Waals surface area contributed by atoms with Crippen molar-refractivity contribution in [1.29, 1.82) is 0 Å². The third-order valence-corrected chi connectivity index (χ3v) is 3.05. The molecule has 0 amide bonds. The summed E-state index contributed by atoms with van der Waals surface area (Å²) in [6.45, 7) is 9.00. The van der Waals surface area contributed by atoms with Crippen LogP contribution in [0.1, 0.15) is 50.7 Å². The largest absolute Gasteiger partial charge is 0.256 e. The Hall–Kier alpha value is -1.37. The van der Waals surface area contributed by atoms with Gasteiger partial charge in [0, 0.05) is 11.6 Å². The smallest absolute Gasteiger partial charge is 0.0704 e. The lowest BCUT2D eigenvalue weighted by molar-refractivity contribution is 0.792. The SMILES string of the molecule is CC(C)c1cc2cccnc2cc1C(C)C. The van der Waals surface area contributed by atoms with E-state index in [9.17, 15) is 0 Å². The maximum absolute atomic E-state index is 4.42. The van der Waals surface area contributed by atoms with Crippen LogP contribution in [-0.2, 0) is 0 Å². The monoisotopic (exact) mass is 213 g/mol. The maximum atomic E-state index is 4.42. The number of benzene rings is 1. The molecule has 2 rings (SSSR count). The molecule has 16 heavy (non-hydrogen) atoms. The van der Waals surface area contributed by atoms with Crippen molar-refractivity contribution in [1.82, 2.24) is 4.98 Å². The van der Waals surface area contributed by atoms with Crippen LogP contribution in [0.15, 0.2) is 30.5 Å². The van der Waals surface area contributed by atoms with Crippen molar-refractivity contribution in [3.05, 3.63) is 41.6 Å². The zero-order valence-electron chi connectivity index (χ0n) is 10.5. The molecule has 0 N–H and O–H groups in total. The van der Waals surface area contributed by atoms with Gasteiger partial charge in [-0.05, 0) is 41.2 Å². The zero-order valence-corrected chi connectivity index (χ0v) is 10.5. The predicted molar refractivity (Wildman–Crippen MR) is 69.9 cm³/mol. The van der Waals surface area contributed by atoms with Crippen molar-refractivity contribution in [3.8, 4) is 0 Å². The van der Waals surface area contributed by atoms with Crippen molar-refractivity contribution < 1.29 is 0 Å². The number of nitrogens with zero attached hydrogens (tertiary/aromatic N) is 1. The van der Waals surface area contributed by atoms with E-state index < -0.39 is 0 Å². The third-order valence-electron chi connectivity index (χ3n) is 3.05. The predicted octanol–water partition coefficient (Wildman–Crippen LogP) is 4.48. The molecule has 1 nitrogen and oxygen atoms in total. The lowest BCUT2D eigenvalue weighted by atomic mass is 9.89. The summed E-state index contributed by atoms with van der Waals surface area (Å²) in [6.07, 6.45) is 1.86. The molecule has 0 aliphatic heterocycles. The van der Waals surface area contributed by atoms with E-state index in [1.807, 2.05) is 12.3 Å². The first-order valence-electron chi connectivity index (χ1n) is 5.98. The van der Waals surface area contributed by atoms with Crippen LogP contribution >= 0.6 is 0 Å². The van der Waals surface area contributed by atoms with Crippen LogP contribution < -0.4 is 0 Å². The van der Waals surface area contributed by atoms with Crippen molar-refractivity contribution in [3.63, 3.8) is 0 Å². The minimum Gasteiger partial charge on any atom is -0.256 e. The molecule has 2 aromatic rings. The summed E-state index contributed by atoms with van der Waals surface area (Å²) in [6, 6.07) is 8.68. The van der Waals surface area contributed by atoms with Gasteiger partial charge in [-0.15, -0.1) is 0 Å². The standard InChI is InChI=1S/C15H19N/c1-10(2)13-8-12-6-5-7-16-15(12)9-14(13)11(3)4/h5-11H,1-4H3. The Morgan fingerprint density at radius 2 is 1.56 bits per heavy atom. The fraction of sp³-hybridized carbons (Fsp3) is 0.400. The highest BCUT2D eigenvalue weighted by Gasteiger charge is 2.11. The Balaban J connectivity index is 2.71. The van der Waals surface area contributed by atoms with Crippen LogP contribution in [0, 0.1) is 0 Å². The molecule has 0 aliphatic carbocycles. The molecule has 1 heteroatoms. The van der Waals surface area contributed by atoms with Crippen LogP contribution in [-0.4, -0.2) is 4.98 Å². The van der Waals surface area contributed by atoms with Gasteiger partial charge in [0.2, 0.25) is 0 Å². The van der Waals surface area contributed by atoms with E-state index in [2.05, 4.69) is 50.9 Å². The molecule has 0 radical (unpaired) electrons. The summed E-state index contributed by atoms with van der Waals surface area (Å²) in [4.78, 5) is 4.42. The maximum Gasteiger partial charge on any atom is 0.0704 e. The Bertz CT molecular complexity index is 451.